The highest BCUT2D eigenvalue weighted by Gasteiger charge is 2.47. The third kappa shape index (κ3) is 9.87. The Bertz CT molecular complexity index is 3360. The van der Waals surface area contributed by atoms with E-state index in [1.54, 1.807) is 93.5 Å². The minimum absolute atomic E-state index is 0.129. The summed E-state index contributed by atoms with van der Waals surface area (Å²) in [7, 11) is -5.23. The van der Waals surface area contributed by atoms with Gasteiger partial charge in [0.25, 0.3) is 6.71 Å². The highest BCUT2D eigenvalue weighted by molar-refractivity contribution is 7.79. The highest BCUT2D eigenvalue weighted by atomic mass is 31.1. The number of halogens is 15. The minimum Gasteiger partial charge on any atom is -0.204 e. The van der Waals surface area contributed by atoms with Gasteiger partial charge in [-0.05, 0) is 162 Å². The molecule has 0 bridgehead atoms. The lowest BCUT2D eigenvalue weighted by Crippen LogP contribution is -2.52. The molecule has 0 spiro atoms. The van der Waals surface area contributed by atoms with Crippen LogP contribution in [0, 0.1) is 182 Å². The lowest BCUT2D eigenvalue weighted by Gasteiger charge is -2.32. The smallest absolute Gasteiger partial charge is 0.204 e. The molecule has 7 rings (SSSR count). The molecule has 394 valence electrons. The Labute approximate surface area is 432 Å². The van der Waals surface area contributed by atoms with Gasteiger partial charge in [0.1, 0.15) is 0 Å². The molecule has 0 fully saturated rings. The molecule has 7 aromatic carbocycles. The van der Waals surface area contributed by atoms with E-state index < -0.39 is 137 Å². The maximum Gasteiger partial charge on any atom is 0.259 e. The summed E-state index contributed by atoms with van der Waals surface area (Å²) >= 11 is 0. The van der Waals surface area contributed by atoms with Crippen molar-refractivity contribution in [3.63, 3.8) is 0 Å². The molecular weight excluding hydrogens is 1050 g/mol. The van der Waals surface area contributed by atoms with Crippen LogP contribution in [0.5, 0.6) is 0 Å². The summed E-state index contributed by atoms with van der Waals surface area (Å²) in [5.74, 6) is -40.8. The lowest BCUT2D eigenvalue weighted by atomic mass is 9.34. The second kappa shape index (κ2) is 21.6. The molecule has 0 saturated heterocycles. The summed E-state index contributed by atoms with van der Waals surface area (Å²) in [5.41, 5.74) is 0.486. The summed E-state index contributed by atoms with van der Waals surface area (Å²) in [6.45, 7) is 16.3. The zero-order valence-corrected chi connectivity index (χ0v) is 44.5. The second-order valence-corrected chi connectivity index (χ2v) is 22.8. The van der Waals surface area contributed by atoms with Gasteiger partial charge in [-0.3, -0.25) is 0 Å². The van der Waals surface area contributed by atoms with Crippen LogP contribution in [0.1, 0.15) is 72.3 Å². The zero-order valence-electron chi connectivity index (χ0n) is 42.8. The molecule has 0 aliphatic carbocycles. The summed E-state index contributed by atoms with van der Waals surface area (Å²) in [5, 5.41) is 0.352. The normalized spacial score (nSPS) is 12.0. The first-order valence-electron chi connectivity index (χ1n) is 23.2. The van der Waals surface area contributed by atoms with Crippen molar-refractivity contribution in [1.82, 2.24) is 0 Å². The third-order valence-corrected chi connectivity index (χ3v) is 18.8. The van der Waals surface area contributed by atoms with Gasteiger partial charge in [-0.15, -0.1) is 0 Å². The molecule has 0 aromatic heterocycles. The van der Waals surface area contributed by atoms with E-state index in [9.17, 15) is 0 Å². The fourth-order valence-corrected chi connectivity index (χ4v) is 15.9. The molecule has 7 aromatic rings. The average Bonchev–Trinajstić information content (AvgIpc) is 3.33. The molecule has 0 radical (unpaired) electrons. The minimum atomic E-state index is -3.88. The Balaban J connectivity index is 1.98. The molecule has 18 heteroatoms. The van der Waals surface area contributed by atoms with Crippen LogP contribution in [0.25, 0.3) is 5.47 Å². The van der Waals surface area contributed by atoms with Gasteiger partial charge in [-0.1, -0.05) is 82.4 Å². The van der Waals surface area contributed by atoms with Crippen molar-refractivity contribution in [3.05, 3.63) is 213 Å². The molecule has 0 N–H and O–H groups in total. The summed E-state index contributed by atoms with van der Waals surface area (Å²) in [4.78, 5) is 0. The highest BCUT2D eigenvalue weighted by Crippen LogP contribution is 2.52. The van der Waals surface area contributed by atoms with Gasteiger partial charge < -0.3 is 0 Å². The molecule has 76 heavy (non-hydrogen) atoms. The first-order valence-corrected chi connectivity index (χ1v) is 25.8. The molecular formula is C58H44BF15P2. The lowest BCUT2D eigenvalue weighted by molar-refractivity contribution is 0.376. The Morgan fingerprint density at radius 2 is 0.539 bits per heavy atom. The van der Waals surface area contributed by atoms with E-state index in [2.05, 4.69) is 11.6 Å². The fourth-order valence-electron chi connectivity index (χ4n) is 10.4. The van der Waals surface area contributed by atoms with Gasteiger partial charge in [-0.25, -0.2) is 65.9 Å². The SMILES string of the molecule is Cc1cc(C)c(P(C#C/C(=C(/B(c2c(F)c(F)c(F)c(F)c2F)c2c(F)c(F)c(F)c(F)c2F)c2c(F)c(F)c(F)c(F)c2F)P(c2c(C)cc(C)cc2C)c2c(C)cc(C)cc2C)c2c(C)cc(C)cc2C)c(C)c1. The van der Waals surface area contributed by atoms with E-state index in [4.69, 9.17) is 0 Å². The van der Waals surface area contributed by atoms with Gasteiger partial charge >= 0.3 is 0 Å². The van der Waals surface area contributed by atoms with Crippen molar-refractivity contribution in [1.29, 1.82) is 0 Å². The molecule has 0 saturated carbocycles. The van der Waals surface area contributed by atoms with Crippen LogP contribution < -0.4 is 32.1 Å². The standard InChI is InChI=1S/C58H44BF15P2/c1-23-15-27(5)55(28(6)16-23)75(56-29(7)17-24(2)18-30(56)8)14-13-35(76(57-31(9)19-25(3)20-32(57)10)58-33(11)21-26(4)22-34(58)12)37(36-40(60)46(66)52(72)47(67)41(36)61)59(38-42(62)48(68)53(73)49(69)43(38)63)39-44(64)50(70)54(74)51(71)45(39)65/h15-22H,1-12H3/b37-35-. The number of hydrogen-bond donors (Lipinski definition) is 0. The molecule has 0 amide bonds. The van der Waals surface area contributed by atoms with Crippen LogP contribution in [0.4, 0.5) is 65.9 Å². The first kappa shape index (κ1) is 57.4. The molecule has 0 nitrogen and oxygen atoms in total. The van der Waals surface area contributed by atoms with E-state index in [0.717, 1.165) is 11.1 Å². The molecule has 0 aliphatic rings. The van der Waals surface area contributed by atoms with Gasteiger partial charge in [0, 0.05) is 29.7 Å². The largest absolute Gasteiger partial charge is 0.259 e. The molecule has 0 atom stereocenters. The van der Waals surface area contributed by atoms with Crippen molar-refractivity contribution in [2.75, 3.05) is 0 Å². The number of hydrogen-bond acceptors (Lipinski definition) is 0. The Morgan fingerprint density at radius 3 is 0.803 bits per heavy atom. The Morgan fingerprint density at radius 1 is 0.316 bits per heavy atom. The van der Waals surface area contributed by atoms with E-state index in [1.807, 2.05) is 38.1 Å². The Kier molecular flexibility index (Phi) is 16.3. The van der Waals surface area contributed by atoms with Crippen LogP contribution in [-0.4, -0.2) is 6.71 Å². The molecule has 0 heterocycles. The number of allylic oxidation sites excluding steroid dienone is 1. The van der Waals surface area contributed by atoms with Crippen molar-refractivity contribution >= 4 is 60.2 Å². The van der Waals surface area contributed by atoms with E-state index in [1.165, 1.54) is 0 Å². The van der Waals surface area contributed by atoms with Gasteiger partial charge in [0.2, 0.25) is 5.82 Å². The summed E-state index contributed by atoms with van der Waals surface area (Å²) in [6, 6.07) is 13.7. The summed E-state index contributed by atoms with van der Waals surface area (Å²) < 4.78 is 244. The third-order valence-electron chi connectivity index (χ3n) is 13.0. The van der Waals surface area contributed by atoms with E-state index in [-0.39, 0.29) is 10.6 Å². The first-order chi connectivity index (χ1) is 35.4. The maximum absolute atomic E-state index is 17.4. The van der Waals surface area contributed by atoms with Crippen LogP contribution in [-0.2, 0) is 0 Å². The zero-order chi connectivity index (χ0) is 56.6. The number of benzene rings is 7. The molecule has 0 unspecified atom stereocenters. The molecule has 0 aliphatic heterocycles. The monoisotopic (exact) mass is 1100 g/mol. The van der Waals surface area contributed by atoms with E-state index in [0.29, 0.717) is 66.2 Å². The maximum atomic E-state index is 17.4. The second-order valence-electron chi connectivity index (χ2n) is 19.0. The van der Waals surface area contributed by atoms with Crippen LogP contribution in [0.15, 0.2) is 53.8 Å². The van der Waals surface area contributed by atoms with E-state index >= 15 is 65.9 Å². The van der Waals surface area contributed by atoms with Gasteiger partial charge in [0.15, 0.2) is 81.4 Å². The van der Waals surface area contributed by atoms with Crippen molar-refractivity contribution < 1.29 is 65.9 Å². The van der Waals surface area contributed by atoms with Crippen LogP contribution in [0.3, 0.4) is 0 Å². The van der Waals surface area contributed by atoms with Crippen LogP contribution >= 0.6 is 15.8 Å². The van der Waals surface area contributed by atoms with Crippen molar-refractivity contribution in [3.8, 4) is 11.6 Å². The topological polar surface area (TPSA) is 0 Å². The predicted octanol–water partition coefficient (Wildman–Crippen LogP) is 14.3. The summed E-state index contributed by atoms with van der Waals surface area (Å²) in [6.07, 6.45) is 0. The van der Waals surface area contributed by atoms with Crippen molar-refractivity contribution in [2.45, 2.75) is 83.1 Å². The Hall–Kier alpha value is -6.29. The predicted molar refractivity (Wildman–Crippen MR) is 273 cm³/mol. The fraction of sp³-hybridized carbons (Fsp3) is 0.207. The number of aryl methyl sites for hydroxylation is 12. The van der Waals surface area contributed by atoms with Crippen molar-refractivity contribution in [2.24, 2.45) is 0 Å². The van der Waals surface area contributed by atoms with Gasteiger partial charge in [0.05, 0.1) is 0 Å². The average molecular weight is 1100 g/mol. The van der Waals surface area contributed by atoms with Gasteiger partial charge in [-0.2, -0.15) is 0 Å². The number of rotatable bonds is 9. The quantitative estimate of drug-likeness (QED) is 0.0337. The van der Waals surface area contributed by atoms with Crippen LogP contribution in [0.2, 0.25) is 0 Å².